The number of ether oxygens (including phenoxy) is 2. The van der Waals surface area contributed by atoms with Crippen LogP contribution in [0.2, 0.25) is 0 Å². The van der Waals surface area contributed by atoms with Gasteiger partial charge in [-0.2, -0.15) is 0 Å². The summed E-state index contributed by atoms with van der Waals surface area (Å²) in [4.78, 5) is 16.6. The molecule has 1 amide bonds. The lowest BCUT2D eigenvalue weighted by atomic mass is 10.2. The van der Waals surface area contributed by atoms with Crippen molar-refractivity contribution < 1.29 is 18.8 Å². The van der Waals surface area contributed by atoms with Crippen LogP contribution in [0.3, 0.4) is 0 Å². The molecule has 1 unspecified atom stereocenters. The van der Waals surface area contributed by atoms with E-state index in [4.69, 9.17) is 14.0 Å². The lowest BCUT2D eigenvalue weighted by molar-refractivity contribution is -0.153. The fourth-order valence-corrected chi connectivity index (χ4v) is 3.18. The van der Waals surface area contributed by atoms with Crippen LogP contribution in [-0.4, -0.2) is 73.0 Å². The van der Waals surface area contributed by atoms with Gasteiger partial charge in [-0.1, -0.05) is 5.16 Å². The van der Waals surface area contributed by atoms with Crippen LogP contribution in [-0.2, 0) is 20.8 Å². The van der Waals surface area contributed by atoms with Gasteiger partial charge in [-0.05, 0) is 12.8 Å². The summed E-state index contributed by atoms with van der Waals surface area (Å²) in [7, 11) is 0. The summed E-state index contributed by atoms with van der Waals surface area (Å²) in [6.45, 7) is 5.27. The van der Waals surface area contributed by atoms with E-state index >= 15 is 0 Å². The minimum Gasteiger partial charge on any atom is -0.378 e. The van der Waals surface area contributed by atoms with Crippen molar-refractivity contribution in [2.45, 2.75) is 31.4 Å². The van der Waals surface area contributed by atoms with E-state index in [1.807, 2.05) is 4.90 Å². The maximum atomic E-state index is 12.5. The molecule has 0 spiro atoms. The van der Waals surface area contributed by atoms with E-state index in [1.54, 1.807) is 0 Å². The molecular weight excluding hydrogens is 298 g/mol. The van der Waals surface area contributed by atoms with Crippen LogP contribution in [0.1, 0.15) is 30.2 Å². The molecule has 3 heterocycles. The molecule has 1 saturated carbocycles. The molecule has 3 aliphatic rings. The van der Waals surface area contributed by atoms with Crippen LogP contribution in [0.5, 0.6) is 0 Å². The summed E-state index contributed by atoms with van der Waals surface area (Å²) >= 11 is 0. The third-order valence-corrected chi connectivity index (χ3v) is 4.69. The summed E-state index contributed by atoms with van der Waals surface area (Å²) < 4.78 is 16.4. The van der Waals surface area contributed by atoms with E-state index in [2.05, 4.69) is 16.1 Å². The predicted molar refractivity (Wildman–Crippen MR) is 80.9 cm³/mol. The standard InChI is InChI=1S/C16H23N3O4/c20-16(19-4-6-21-7-5-19)15-11-18(3-8-22-15)10-13-9-14(23-17-13)12-1-2-12/h9,12,15H,1-8,10-11H2. The Morgan fingerprint density at radius 3 is 2.83 bits per heavy atom. The predicted octanol–water partition coefficient (Wildman–Crippen LogP) is 0.612. The molecule has 1 atom stereocenters. The first-order chi connectivity index (χ1) is 11.3. The molecule has 1 aromatic heterocycles. The SMILES string of the molecule is O=C(C1CN(Cc2cc(C3CC3)on2)CCO1)N1CCOCC1. The molecule has 23 heavy (non-hydrogen) atoms. The molecule has 0 radical (unpaired) electrons. The van der Waals surface area contributed by atoms with Crippen molar-refractivity contribution in [3.05, 3.63) is 17.5 Å². The molecule has 1 aliphatic carbocycles. The Balaban J connectivity index is 1.33. The van der Waals surface area contributed by atoms with Crippen molar-refractivity contribution in [1.82, 2.24) is 15.0 Å². The van der Waals surface area contributed by atoms with Gasteiger partial charge in [-0.25, -0.2) is 0 Å². The third-order valence-electron chi connectivity index (χ3n) is 4.69. The minimum absolute atomic E-state index is 0.0804. The summed E-state index contributed by atoms with van der Waals surface area (Å²) in [6.07, 6.45) is 2.04. The van der Waals surface area contributed by atoms with Crippen LogP contribution in [0.4, 0.5) is 0 Å². The van der Waals surface area contributed by atoms with Crippen LogP contribution in [0.15, 0.2) is 10.6 Å². The van der Waals surface area contributed by atoms with Gasteiger partial charge in [0.1, 0.15) is 11.9 Å². The number of amides is 1. The maximum absolute atomic E-state index is 12.5. The number of carbonyl (C=O) groups is 1. The Morgan fingerprint density at radius 1 is 1.22 bits per heavy atom. The number of hydrogen-bond donors (Lipinski definition) is 0. The van der Waals surface area contributed by atoms with Crippen molar-refractivity contribution in [3.8, 4) is 0 Å². The summed E-state index contributed by atoms with van der Waals surface area (Å²) in [5.41, 5.74) is 0.950. The highest BCUT2D eigenvalue weighted by molar-refractivity contribution is 5.81. The first kappa shape index (κ1) is 15.1. The highest BCUT2D eigenvalue weighted by atomic mass is 16.5. The molecule has 0 bridgehead atoms. The van der Waals surface area contributed by atoms with Gasteiger partial charge in [0, 0.05) is 44.7 Å². The van der Waals surface area contributed by atoms with Crippen LogP contribution in [0, 0.1) is 0 Å². The molecule has 2 saturated heterocycles. The molecule has 126 valence electrons. The van der Waals surface area contributed by atoms with Gasteiger partial charge < -0.3 is 18.9 Å². The van der Waals surface area contributed by atoms with Gasteiger partial charge in [0.05, 0.1) is 25.5 Å². The number of aromatic nitrogens is 1. The largest absolute Gasteiger partial charge is 0.378 e. The Hall–Kier alpha value is -1.44. The number of carbonyl (C=O) groups excluding carboxylic acids is 1. The zero-order valence-electron chi connectivity index (χ0n) is 13.3. The van der Waals surface area contributed by atoms with Crippen molar-refractivity contribution in [3.63, 3.8) is 0 Å². The molecule has 0 N–H and O–H groups in total. The van der Waals surface area contributed by atoms with E-state index in [-0.39, 0.29) is 12.0 Å². The Labute approximate surface area is 135 Å². The molecule has 2 aliphatic heterocycles. The number of hydrogen-bond acceptors (Lipinski definition) is 6. The molecule has 0 aromatic carbocycles. The molecular formula is C16H23N3O4. The fourth-order valence-electron chi connectivity index (χ4n) is 3.18. The van der Waals surface area contributed by atoms with Crippen molar-refractivity contribution in [2.24, 2.45) is 0 Å². The smallest absolute Gasteiger partial charge is 0.253 e. The van der Waals surface area contributed by atoms with E-state index in [1.165, 1.54) is 12.8 Å². The lowest BCUT2D eigenvalue weighted by Gasteiger charge is -2.35. The first-order valence-electron chi connectivity index (χ1n) is 8.45. The molecule has 7 heteroatoms. The lowest BCUT2D eigenvalue weighted by Crippen LogP contribution is -2.53. The van der Waals surface area contributed by atoms with Crippen LogP contribution in [0.25, 0.3) is 0 Å². The van der Waals surface area contributed by atoms with E-state index in [0.717, 1.165) is 18.0 Å². The van der Waals surface area contributed by atoms with Gasteiger partial charge >= 0.3 is 0 Å². The zero-order valence-corrected chi connectivity index (χ0v) is 13.3. The van der Waals surface area contributed by atoms with Gasteiger partial charge in [0.15, 0.2) is 0 Å². The van der Waals surface area contributed by atoms with Crippen LogP contribution >= 0.6 is 0 Å². The average molecular weight is 321 g/mol. The highest BCUT2D eigenvalue weighted by Crippen LogP contribution is 2.40. The quantitative estimate of drug-likeness (QED) is 0.809. The first-order valence-corrected chi connectivity index (χ1v) is 8.45. The Bertz CT molecular complexity index is 551. The second kappa shape index (κ2) is 6.59. The molecule has 3 fully saturated rings. The number of rotatable bonds is 4. The molecule has 1 aromatic rings. The molecule has 7 nitrogen and oxygen atoms in total. The number of nitrogens with zero attached hydrogens (tertiary/aromatic N) is 3. The maximum Gasteiger partial charge on any atom is 0.253 e. The van der Waals surface area contributed by atoms with E-state index in [9.17, 15) is 4.79 Å². The van der Waals surface area contributed by atoms with E-state index < -0.39 is 0 Å². The van der Waals surface area contributed by atoms with Crippen molar-refractivity contribution in [1.29, 1.82) is 0 Å². The van der Waals surface area contributed by atoms with Crippen molar-refractivity contribution in [2.75, 3.05) is 46.0 Å². The third kappa shape index (κ3) is 3.57. The van der Waals surface area contributed by atoms with Crippen molar-refractivity contribution >= 4 is 5.91 Å². The monoisotopic (exact) mass is 321 g/mol. The summed E-state index contributed by atoms with van der Waals surface area (Å²) in [6, 6.07) is 2.06. The number of morpholine rings is 2. The fraction of sp³-hybridized carbons (Fsp3) is 0.750. The highest BCUT2D eigenvalue weighted by Gasteiger charge is 2.32. The normalized spacial score (nSPS) is 26.4. The second-order valence-electron chi connectivity index (χ2n) is 6.53. The van der Waals surface area contributed by atoms with Gasteiger partial charge in [0.25, 0.3) is 5.91 Å². The van der Waals surface area contributed by atoms with Gasteiger partial charge in [-0.3, -0.25) is 9.69 Å². The van der Waals surface area contributed by atoms with Crippen LogP contribution < -0.4 is 0 Å². The Kier molecular flexibility index (Phi) is 4.33. The van der Waals surface area contributed by atoms with Gasteiger partial charge in [-0.15, -0.1) is 0 Å². The van der Waals surface area contributed by atoms with E-state index in [0.29, 0.717) is 51.9 Å². The molecule has 4 rings (SSSR count). The topological polar surface area (TPSA) is 68.0 Å². The Morgan fingerprint density at radius 2 is 2.04 bits per heavy atom. The zero-order chi connectivity index (χ0) is 15.6. The van der Waals surface area contributed by atoms with Gasteiger partial charge in [0.2, 0.25) is 0 Å². The average Bonchev–Trinajstić information content (AvgIpc) is 3.35. The summed E-state index contributed by atoms with van der Waals surface area (Å²) in [5, 5.41) is 4.16. The minimum atomic E-state index is -0.378. The summed E-state index contributed by atoms with van der Waals surface area (Å²) in [5.74, 6) is 1.67. The second-order valence-corrected chi connectivity index (χ2v) is 6.53.